The Morgan fingerprint density at radius 2 is 1.43 bits per heavy atom. The average Bonchev–Trinajstić information content (AvgIpc) is 3.60. The number of nitrogens with one attached hydrogen (secondary N) is 4. The number of amides is 5. The number of rotatable bonds is 15. The van der Waals surface area contributed by atoms with Gasteiger partial charge in [-0.25, -0.2) is 9.59 Å². The van der Waals surface area contributed by atoms with Crippen molar-refractivity contribution >= 4 is 41.5 Å². The van der Waals surface area contributed by atoms with Gasteiger partial charge in [-0.05, 0) is 76.7 Å². The maximum Gasteiger partial charge on any atom is 0.408 e. The molecule has 14 nitrogen and oxygen atoms in total. The van der Waals surface area contributed by atoms with Crippen molar-refractivity contribution < 1.29 is 43.4 Å². The molecule has 2 aliphatic carbocycles. The van der Waals surface area contributed by atoms with Gasteiger partial charge in [-0.15, -0.1) is 0 Å². The quantitative estimate of drug-likeness (QED) is 0.165. The molecule has 2 unspecified atom stereocenters. The first kappa shape index (κ1) is 42.3. The van der Waals surface area contributed by atoms with Crippen LogP contribution in [0.1, 0.15) is 123 Å². The van der Waals surface area contributed by atoms with Crippen molar-refractivity contribution in [1.29, 1.82) is 0 Å². The van der Waals surface area contributed by atoms with E-state index in [1.54, 1.807) is 27.7 Å². The van der Waals surface area contributed by atoms with Gasteiger partial charge < -0.3 is 36.0 Å². The van der Waals surface area contributed by atoms with Gasteiger partial charge in [0, 0.05) is 12.5 Å². The molecule has 1 aliphatic heterocycles. The van der Waals surface area contributed by atoms with Crippen molar-refractivity contribution in [2.45, 2.75) is 147 Å². The van der Waals surface area contributed by atoms with E-state index in [0.717, 1.165) is 56.9 Å². The van der Waals surface area contributed by atoms with E-state index in [0.29, 0.717) is 19.3 Å². The van der Waals surface area contributed by atoms with Gasteiger partial charge in [0.2, 0.25) is 23.5 Å². The number of carbonyl (C=O) groups excluding carboxylic acids is 6. The molecule has 54 heavy (non-hydrogen) atoms. The van der Waals surface area contributed by atoms with Crippen molar-refractivity contribution in [2.24, 2.45) is 11.8 Å². The molecule has 3 fully saturated rings. The molecule has 2 saturated carbocycles. The lowest BCUT2D eigenvalue weighted by Crippen LogP contribution is -2.58. The summed E-state index contributed by atoms with van der Waals surface area (Å²) in [6.07, 6.45) is 8.55. The van der Waals surface area contributed by atoms with Crippen LogP contribution in [0.3, 0.4) is 0 Å². The number of carboxylic acids is 1. The van der Waals surface area contributed by atoms with Crippen LogP contribution < -0.4 is 21.3 Å². The third kappa shape index (κ3) is 12.0. The smallest absolute Gasteiger partial charge is 0.408 e. The fourth-order valence-electron chi connectivity index (χ4n) is 8.06. The summed E-state index contributed by atoms with van der Waals surface area (Å²) in [5.74, 6) is -5.50. The molecule has 0 aromatic heterocycles. The third-order valence-electron chi connectivity index (χ3n) is 10.8. The van der Waals surface area contributed by atoms with Crippen LogP contribution in [0.5, 0.6) is 0 Å². The molecule has 0 spiro atoms. The van der Waals surface area contributed by atoms with Crippen LogP contribution in [0.4, 0.5) is 4.79 Å². The van der Waals surface area contributed by atoms with E-state index >= 15 is 0 Å². The molecule has 0 bridgehead atoms. The number of carboxylic acid groups (broad SMARTS) is 1. The van der Waals surface area contributed by atoms with E-state index < -0.39 is 77.8 Å². The number of ether oxygens (including phenoxy) is 1. The van der Waals surface area contributed by atoms with Crippen LogP contribution >= 0.6 is 0 Å². The lowest BCUT2D eigenvalue weighted by atomic mass is 9.83. The number of aliphatic carboxylic acids is 1. The topological polar surface area (TPSA) is 200 Å². The number of alkyl carbamates (subject to hydrolysis) is 1. The first-order valence-corrected chi connectivity index (χ1v) is 19.7. The summed E-state index contributed by atoms with van der Waals surface area (Å²) in [5, 5.41) is 20.1. The van der Waals surface area contributed by atoms with Gasteiger partial charge in [0.25, 0.3) is 5.91 Å². The second-order valence-electron chi connectivity index (χ2n) is 16.0. The summed E-state index contributed by atoms with van der Waals surface area (Å²) < 4.78 is 5.53. The maximum absolute atomic E-state index is 14.5. The summed E-state index contributed by atoms with van der Waals surface area (Å²) in [7, 11) is 0. The molecule has 5 N–H and O–H groups in total. The molecule has 1 heterocycles. The Labute approximate surface area is 318 Å². The standard InChI is InChI=1S/C40H59N5O9/c1-5-15-29(34(47)36(49)41-23-31(46)43-33(38(51)52)27-20-13-8-14-21-27)42-35(48)30-22-28(25-16-9-6-10-17-25)24-45(30)37(50)32(26-18-11-7-12-19-26)44-39(53)54-40(2,3)4/h6,9-10,16-17,26-30,32-33H,5,7-8,11-15,18-24H2,1-4H3,(H,41,49)(H,42,48)(H,43,46)(H,44,53)(H,51,52)/t28-,29?,30+,32+,33?/m1/s1. The number of nitrogens with zero attached hydrogens (tertiary/aromatic N) is 1. The van der Waals surface area contributed by atoms with Gasteiger partial charge >= 0.3 is 12.1 Å². The first-order valence-electron chi connectivity index (χ1n) is 19.7. The number of hydrogen-bond acceptors (Lipinski definition) is 8. The molecular formula is C40H59N5O9. The zero-order valence-corrected chi connectivity index (χ0v) is 32.2. The van der Waals surface area contributed by atoms with Crippen LogP contribution in [-0.2, 0) is 33.5 Å². The summed E-state index contributed by atoms with van der Waals surface area (Å²) in [5.41, 5.74) is 0.151. The third-order valence-corrected chi connectivity index (χ3v) is 10.8. The van der Waals surface area contributed by atoms with Gasteiger partial charge in [-0.2, -0.15) is 0 Å². The van der Waals surface area contributed by atoms with Crippen LogP contribution in [0.25, 0.3) is 0 Å². The molecular weight excluding hydrogens is 694 g/mol. The predicted octanol–water partition coefficient (Wildman–Crippen LogP) is 3.96. The molecule has 1 saturated heterocycles. The van der Waals surface area contributed by atoms with E-state index in [2.05, 4.69) is 21.3 Å². The normalized spacial score (nSPS) is 21.2. The zero-order chi connectivity index (χ0) is 39.4. The number of hydrogen-bond donors (Lipinski definition) is 5. The Hall–Kier alpha value is -4.49. The summed E-state index contributed by atoms with van der Waals surface area (Å²) in [6.45, 7) is 6.62. The highest BCUT2D eigenvalue weighted by molar-refractivity contribution is 6.38. The highest BCUT2D eigenvalue weighted by Gasteiger charge is 2.45. The SMILES string of the molecule is CCCC(NC(=O)[C@@H]1C[C@@H](c2ccccc2)CN1C(=O)[C@@H](NC(=O)OC(C)(C)C)C1CCCCC1)C(=O)C(=O)NCC(=O)NC(C(=O)O)C1CCCCC1. The summed E-state index contributed by atoms with van der Waals surface area (Å²) >= 11 is 0. The second-order valence-corrected chi connectivity index (χ2v) is 16.0. The summed E-state index contributed by atoms with van der Waals surface area (Å²) in [4.78, 5) is 94.2. The highest BCUT2D eigenvalue weighted by atomic mass is 16.6. The highest BCUT2D eigenvalue weighted by Crippen LogP contribution is 2.35. The van der Waals surface area contributed by atoms with Gasteiger partial charge in [0.1, 0.15) is 23.7 Å². The van der Waals surface area contributed by atoms with Crippen LogP contribution in [0.15, 0.2) is 30.3 Å². The van der Waals surface area contributed by atoms with E-state index in [1.165, 1.54) is 4.90 Å². The van der Waals surface area contributed by atoms with Crippen molar-refractivity contribution in [3.05, 3.63) is 35.9 Å². The van der Waals surface area contributed by atoms with Crippen molar-refractivity contribution in [1.82, 2.24) is 26.2 Å². The van der Waals surface area contributed by atoms with E-state index in [-0.39, 0.29) is 37.1 Å². The number of ketones is 1. The van der Waals surface area contributed by atoms with Gasteiger partial charge in [-0.3, -0.25) is 24.0 Å². The van der Waals surface area contributed by atoms with E-state index in [4.69, 9.17) is 4.74 Å². The van der Waals surface area contributed by atoms with E-state index in [1.807, 2.05) is 30.3 Å². The molecule has 5 amide bonds. The van der Waals surface area contributed by atoms with Crippen LogP contribution in [0, 0.1) is 11.8 Å². The molecule has 14 heteroatoms. The largest absolute Gasteiger partial charge is 0.480 e. The van der Waals surface area contributed by atoms with E-state index in [9.17, 15) is 38.7 Å². The lowest BCUT2D eigenvalue weighted by molar-refractivity contribution is -0.144. The minimum atomic E-state index is -1.23. The Morgan fingerprint density at radius 3 is 1.98 bits per heavy atom. The molecule has 5 atom stereocenters. The minimum absolute atomic E-state index is 0.126. The monoisotopic (exact) mass is 753 g/mol. The molecule has 0 radical (unpaired) electrons. The van der Waals surface area contributed by atoms with Gasteiger partial charge in [-0.1, -0.05) is 82.2 Å². The predicted molar refractivity (Wildman–Crippen MR) is 200 cm³/mol. The minimum Gasteiger partial charge on any atom is -0.480 e. The Balaban J connectivity index is 1.48. The van der Waals surface area contributed by atoms with Crippen LogP contribution in [-0.4, -0.2) is 94.3 Å². The van der Waals surface area contributed by atoms with Crippen molar-refractivity contribution in [3.63, 3.8) is 0 Å². The fourth-order valence-corrected chi connectivity index (χ4v) is 8.06. The Morgan fingerprint density at radius 1 is 0.833 bits per heavy atom. The van der Waals surface area contributed by atoms with Gasteiger partial charge in [0.15, 0.2) is 0 Å². The number of likely N-dealkylation sites (tertiary alicyclic amines) is 1. The molecule has 1 aromatic rings. The van der Waals surface area contributed by atoms with Gasteiger partial charge in [0.05, 0.1) is 12.6 Å². The number of Topliss-reactive ketones (excluding diaryl/α,β-unsaturated/α-hetero) is 1. The number of benzene rings is 1. The Bertz CT molecular complexity index is 1480. The van der Waals surface area contributed by atoms with Crippen LogP contribution in [0.2, 0.25) is 0 Å². The average molecular weight is 754 g/mol. The molecule has 1 aromatic carbocycles. The maximum atomic E-state index is 14.5. The second kappa shape index (κ2) is 19.7. The molecule has 4 rings (SSSR count). The lowest BCUT2D eigenvalue weighted by Gasteiger charge is -2.35. The first-order chi connectivity index (χ1) is 25.7. The van der Waals surface area contributed by atoms with Crippen molar-refractivity contribution in [3.8, 4) is 0 Å². The van der Waals surface area contributed by atoms with Crippen molar-refractivity contribution in [2.75, 3.05) is 13.1 Å². The number of carbonyl (C=O) groups is 7. The molecule has 298 valence electrons. The molecule has 3 aliphatic rings. The Kier molecular flexibility index (Phi) is 15.4. The zero-order valence-electron chi connectivity index (χ0n) is 32.2. The summed E-state index contributed by atoms with van der Waals surface area (Å²) in [6, 6.07) is 5.27. The fraction of sp³-hybridized carbons (Fsp3) is 0.675.